The van der Waals surface area contributed by atoms with E-state index in [1.54, 1.807) is 0 Å². The summed E-state index contributed by atoms with van der Waals surface area (Å²) in [6.07, 6.45) is 2.12. The lowest BCUT2D eigenvalue weighted by atomic mass is 9.98. The molecule has 0 radical (unpaired) electrons. The van der Waals surface area contributed by atoms with Crippen LogP contribution in [0.3, 0.4) is 0 Å². The Morgan fingerprint density at radius 1 is 1.08 bits per heavy atom. The van der Waals surface area contributed by atoms with Gasteiger partial charge >= 0.3 is 0 Å². The maximum atomic E-state index is 14.1. The minimum atomic E-state index is -0.525. The van der Waals surface area contributed by atoms with E-state index in [0.717, 1.165) is 36.6 Å². The number of nitrogens with zero attached hydrogens (tertiary/aromatic N) is 2. The Hall–Kier alpha value is -2.56. The average molecular weight is 326 g/mol. The molecule has 0 aromatic heterocycles. The molecule has 1 heterocycles. The monoisotopic (exact) mass is 326 g/mol. The third-order valence-corrected chi connectivity index (χ3v) is 4.49. The fourth-order valence-corrected chi connectivity index (χ4v) is 3.05. The second-order valence-corrected chi connectivity index (χ2v) is 6.26. The Labute approximate surface area is 138 Å². The normalized spacial score (nSPS) is 20.2. The van der Waals surface area contributed by atoms with Crippen molar-refractivity contribution in [2.45, 2.75) is 25.3 Å². The van der Waals surface area contributed by atoms with E-state index in [4.69, 9.17) is 0 Å². The van der Waals surface area contributed by atoms with Gasteiger partial charge in [-0.25, -0.2) is 13.8 Å². The van der Waals surface area contributed by atoms with Crippen LogP contribution < -0.4 is 0 Å². The molecule has 2 aromatic carbocycles. The van der Waals surface area contributed by atoms with Crippen molar-refractivity contribution >= 4 is 11.6 Å². The summed E-state index contributed by atoms with van der Waals surface area (Å²) in [6.45, 7) is 0. The van der Waals surface area contributed by atoms with Crippen LogP contribution >= 0.6 is 0 Å². The second-order valence-electron chi connectivity index (χ2n) is 6.26. The smallest absolute Gasteiger partial charge is 0.246 e. The van der Waals surface area contributed by atoms with Crippen LogP contribution in [0, 0.1) is 17.6 Å². The predicted molar refractivity (Wildman–Crippen MR) is 86.3 cm³/mol. The van der Waals surface area contributed by atoms with Gasteiger partial charge in [0, 0.05) is 17.9 Å². The van der Waals surface area contributed by atoms with Gasteiger partial charge in [-0.2, -0.15) is 5.10 Å². The summed E-state index contributed by atoms with van der Waals surface area (Å²) in [5, 5.41) is 5.84. The van der Waals surface area contributed by atoms with Crippen LogP contribution in [0.15, 0.2) is 53.6 Å². The Balaban J connectivity index is 1.72. The molecule has 3 nitrogen and oxygen atoms in total. The van der Waals surface area contributed by atoms with Gasteiger partial charge in [-0.1, -0.05) is 30.3 Å². The van der Waals surface area contributed by atoms with E-state index in [1.807, 2.05) is 30.3 Å². The van der Waals surface area contributed by atoms with Crippen molar-refractivity contribution in [2.24, 2.45) is 11.0 Å². The number of halogens is 2. The molecule has 0 spiro atoms. The topological polar surface area (TPSA) is 32.7 Å². The second kappa shape index (κ2) is 5.82. The number of hydrogen-bond acceptors (Lipinski definition) is 2. The molecule has 5 heteroatoms. The van der Waals surface area contributed by atoms with Gasteiger partial charge in [0.25, 0.3) is 0 Å². The number of carbonyl (C=O) groups is 1. The van der Waals surface area contributed by atoms with Crippen LogP contribution in [0.25, 0.3) is 0 Å². The predicted octanol–water partition coefficient (Wildman–Crippen LogP) is 4.05. The standard InChI is InChI=1S/C19H16F2N2O/c20-14-8-9-16(21)15(10-14)17-11-18(12-4-2-1-3-5-12)23(22-17)19(24)13-6-7-13/h1-5,8-10,13,18H,6-7,11H2/t18-/m0/s1. The quantitative estimate of drug-likeness (QED) is 0.837. The number of amides is 1. The summed E-state index contributed by atoms with van der Waals surface area (Å²) < 4.78 is 27.6. The van der Waals surface area contributed by atoms with Crippen LogP contribution in [-0.4, -0.2) is 16.6 Å². The number of hydrogen-bond donors (Lipinski definition) is 0. The Morgan fingerprint density at radius 3 is 2.54 bits per heavy atom. The van der Waals surface area contributed by atoms with Crippen LogP contribution in [0.5, 0.6) is 0 Å². The van der Waals surface area contributed by atoms with Crippen LogP contribution in [0.4, 0.5) is 8.78 Å². The first-order valence-corrected chi connectivity index (χ1v) is 8.04. The first kappa shape index (κ1) is 15.0. The lowest BCUT2D eigenvalue weighted by Gasteiger charge is -2.21. The third kappa shape index (κ3) is 2.70. The third-order valence-electron chi connectivity index (χ3n) is 4.49. The van der Waals surface area contributed by atoms with Crippen molar-refractivity contribution in [3.05, 3.63) is 71.3 Å². The number of benzene rings is 2. The lowest BCUT2D eigenvalue weighted by molar-refractivity contribution is -0.134. The molecule has 24 heavy (non-hydrogen) atoms. The van der Waals surface area contributed by atoms with Gasteiger partial charge in [-0.15, -0.1) is 0 Å². The van der Waals surface area contributed by atoms with Gasteiger partial charge in [0.1, 0.15) is 11.6 Å². The zero-order chi connectivity index (χ0) is 16.7. The van der Waals surface area contributed by atoms with Gasteiger partial charge in [0.05, 0.1) is 11.8 Å². The first-order valence-electron chi connectivity index (χ1n) is 8.04. The van der Waals surface area contributed by atoms with E-state index in [0.29, 0.717) is 12.1 Å². The van der Waals surface area contributed by atoms with E-state index < -0.39 is 11.6 Å². The average Bonchev–Trinajstić information content (AvgIpc) is 3.36. The van der Waals surface area contributed by atoms with E-state index in [2.05, 4.69) is 5.10 Å². The molecular weight excluding hydrogens is 310 g/mol. The van der Waals surface area contributed by atoms with Crippen molar-refractivity contribution in [1.82, 2.24) is 5.01 Å². The van der Waals surface area contributed by atoms with Crippen molar-refractivity contribution in [3.63, 3.8) is 0 Å². The Bertz CT molecular complexity index is 815. The molecule has 0 unspecified atom stereocenters. The van der Waals surface area contributed by atoms with Crippen molar-refractivity contribution in [2.75, 3.05) is 0 Å². The molecule has 4 rings (SSSR count). The van der Waals surface area contributed by atoms with E-state index in [-0.39, 0.29) is 23.4 Å². The van der Waals surface area contributed by atoms with Gasteiger partial charge in [0.15, 0.2) is 0 Å². The fraction of sp³-hybridized carbons (Fsp3) is 0.263. The van der Waals surface area contributed by atoms with Gasteiger partial charge in [-0.05, 0) is 36.6 Å². The Kier molecular flexibility index (Phi) is 3.63. The van der Waals surface area contributed by atoms with Gasteiger partial charge in [0.2, 0.25) is 5.91 Å². The van der Waals surface area contributed by atoms with Gasteiger partial charge in [-0.3, -0.25) is 4.79 Å². The molecule has 1 saturated carbocycles. The summed E-state index contributed by atoms with van der Waals surface area (Å²) >= 11 is 0. The SMILES string of the molecule is O=C(C1CC1)N1N=C(c2cc(F)ccc2F)C[C@H]1c1ccccc1. The maximum absolute atomic E-state index is 14.1. The van der Waals surface area contributed by atoms with E-state index >= 15 is 0 Å². The molecule has 1 aliphatic heterocycles. The lowest BCUT2D eigenvalue weighted by Crippen LogP contribution is -2.28. The maximum Gasteiger partial charge on any atom is 0.246 e. The van der Waals surface area contributed by atoms with Crippen molar-refractivity contribution in [1.29, 1.82) is 0 Å². The van der Waals surface area contributed by atoms with E-state index in [1.165, 1.54) is 5.01 Å². The number of carbonyl (C=O) groups excluding carboxylic acids is 1. The largest absolute Gasteiger partial charge is 0.273 e. The Morgan fingerprint density at radius 2 is 1.83 bits per heavy atom. The highest BCUT2D eigenvalue weighted by atomic mass is 19.1. The molecule has 1 fully saturated rings. The molecule has 2 aromatic rings. The van der Waals surface area contributed by atoms with E-state index in [9.17, 15) is 13.6 Å². The summed E-state index contributed by atoms with van der Waals surface area (Å²) in [5.74, 6) is -1.06. The molecule has 1 atom stereocenters. The molecule has 0 saturated heterocycles. The van der Waals surface area contributed by atoms with Gasteiger partial charge < -0.3 is 0 Å². The molecule has 0 N–H and O–H groups in total. The molecule has 1 amide bonds. The van der Waals surface area contributed by atoms with Crippen molar-refractivity contribution < 1.29 is 13.6 Å². The zero-order valence-electron chi connectivity index (χ0n) is 13.0. The minimum Gasteiger partial charge on any atom is -0.273 e. The zero-order valence-corrected chi connectivity index (χ0v) is 13.0. The number of hydrazone groups is 1. The molecular formula is C19H16F2N2O. The van der Waals surface area contributed by atoms with Crippen molar-refractivity contribution in [3.8, 4) is 0 Å². The van der Waals surface area contributed by atoms with Crippen LogP contribution in [0.2, 0.25) is 0 Å². The number of rotatable bonds is 3. The molecule has 122 valence electrons. The molecule has 0 bridgehead atoms. The highest BCUT2D eigenvalue weighted by Crippen LogP contribution is 2.39. The summed E-state index contributed by atoms with van der Waals surface area (Å²) in [7, 11) is 0. The minimum absolute atomic E-state index is 0.0108. The first-order chi connectivity index (χ1) is 11.6. The fourth-order valence-electron chi connectivity index (χ4n) is 3.05. The molecule has 2 aliphatic rings. The summed E-state index contributed by atoms with van der Waals surface area (Å²) in [6, 6.07) is 12.6. The summed E-state index contributed by atoms with van der Waals surface area (Å²) in [5.41, 5.74) is 1.49. The summed E-state index contributed by atoms with van der Waals surface area (Å²) in [4.78, 5) is 12.6. The van der Waals surface area contributed by atoms with Crippen LogP contribution in [0.1, 0.15) is 36.4 Å². The van der Waals surface area contributed by atoms with Crippen LogP contribution in [-0.2, 0) is 4.79 Å². The molecule has 1 aliphatic carbocycles. The highest BCUT2D eigenvalue weighted by Gasteiger charge is 2.40. The highest BCUT2D eigenvalue weighted by molar-refractivity contribution is 6.03.